The van der Waals surface area contributed by atoms with Crippen LogP contribution >= 0.6 is 0 Å². The number of nitrogens with one attached hydrogen (secondary N) is 2. The predicted molar refractivity (Wildman–Crippen MR) is 72.3 cm³/mol. The van der Waals surface area contributed by atoms with Crippen molar-refractivity contribution in [3.05, 3.63) is 47.2 Å². The van der Waals surface area contributed by atoms with Crippen LogP contribution in [0.15, 0.2) is 24.3 Å². The molecule has 0 fully saturated rings. The van der Waals surface area contributed by atoms with Crippen molar-refractivity contribution in [2.45, 2.75) is 13.3 Å². The van der Waals surface area contributed by atoms with Gasteiger partial charge in [-0.3, -0.25) is 5.10 Å². The number of rotatable bonds is 3. The highest BCUT2D eigenvalue weighted by Gasteiger charge is 2.14. The standard InChI is InChI=1S/C13H13FN6/c1-7-16-13(20-19-7)12-17-10(11(15)18-12)6-8-4-2-3-5-9(8)14/h2-5H,6,15H2,1H3,(H,17,18)(H,16,19,20). The van der Waals surface area contributed by atoms with Gasteiger partial charge in [0.1, 0.15) is 17.5 Å². The molecule has 1 aromatic carbocycles. The van der Waals surface area contributed by atoms with Crippen LogP contribution < -0.4 is 5.73 Å². The van der Waals surface area contributed by atoms with Crippen molar-refractivity contribution < 1.29 is 4.39 Å². The lowest BCUT2D eigenvalue weighted by Gasteiger charge is -2.01. The van der Waals surface area contributed by atoms with Gasteiger partial charge < -0.3 is 10.7 Å². The first-order valence-corrected chi connectivity index (χ1v) is 6.10. The Morgan fingerprint density at radius 1 is 1.25 bits per heavy atom. The lowest BCUT2D eigenvalue weighted by Crippen LogP contribution is -1.96. The van der Waals surface area contributed by atoms with E-state index in [-0.39, 0.29) is 5.82 Å². The fourth-order valence-electron chi connectivity index (χ4n) is 1.94. The normalized spacial score (nSPS) is 10.9. The van der Waals surface area contributed by atoms with Crippen LogP contribution in [-0.4, -0.2) is 25.1 Å². The highest BCUT2D eigenvalue weighted by atomic mass is 19.1. The van der Waals surface area contributed by atoms with Crippen LogP contribution in [0.3, 0.4) is 0 Å². The first-order valence-electron chi connectivity index (χ1n) is 6.10. The second-order valence-electron chi connectivity index (χ2n) is 4.46. The van der Waals surface area contributed by atoms with E-state index >= 15 is 0 Å². The number of anilines is 1. The molecular weight excluding hydrogens is 259 g/mol. The summed E-state index contributed by atoms with van der Waals surface area (Å²) in [5.74, 6) is 1.65. The van der Waals surface area contributed by atoms with Crippen molar-refractivity contribution in [3.63, 3.8) is 0 Å². The third-order valence-electron chi connectivity index (χ3n) is 2.94. The summed E-state index contributed by atoms with van der Waals surface area (Å²) < 4.78 is 13.6. The van der Waals surface area contributed by atoms with Crippen molar-refractivity contribution in [1.29, 1.82) is 0 Å². The molecule has 3 rings (SSSR count). The van der Waals surface area contributed by atoms with Crippen LogP contribution in [0.5, 0.6) is 0 Å². The van der Waals surface area contributed by atoms with E-state index in [2.05, 4.69) is 25.1 Å². The molecule has 0 amide bonds. The molecule has 0 bridgehead atoms. The number of imidazole rings is 1. The smallest absolute Gasteiger partial charge is 0.217 e. The number of benzene rings is 1. The first kappa shape index (κ1) is 12.3. The molecule has 0 radical (unpaired) electrons. The maximum Gasteiger partial charge on any atom is 0.217 e. The number of hydrogen-bond donors (Lipinski definition) is 3. The molecular formula is C13H13FN6. The Balaban J connectivity index is 1.92. The van der Waals surface area contributed by atoms with E-state index < -0.39 is 0 Å². The molecule has 20 heavy (non-hydrogen) atoms. The number of aromatic amines is 2. The van der Waals surface area contributed by atoms with E-state index in [0.717, 1.165) is 0 Å². The number of hydrogen-bond acceptors (Lipinski definition) is 4. The van der Waals surface area contributed by atoms with Gasteiger partial charge in [0.2, 0.25) is 5.82 Å². The van der Waals surface area contributed by atoms with Gasteiger partial charge in [0.05, 0.1) is 5.69 Å². The summed E-state index contributed by atoms with van der Waals surface area (Å²) in [7, 11) is 0. The van der Waals surface area contributed by atoms with Crippen LogP contribution in [0.1, 0.15) is 17.1 Å². The van der Waals surface area contributed by atoms with E-state index in [4.69, 9.17) is 5.73 Å². The van der Waals surface area contributed by atoms with Crippen molar-refractivity contribution in [2.24, 2.45) is 0 Å². The van der Waals surface area contributed by atoms with Gasteiger partial charge in [-0.25, -0.2) is 14.4 Å². The highest BCUT2D eigenvalue weighted by Crippen LogP contribution is 2.20. The Labute approximate surface area is 114 Å². The Morgan fingerprint density at radius 2 is 2.05 bits per heavy atom. The Hall–Kier alpha value is -2.70. The second-order valence-corrected chi connectivity index (χ2v) is 4.46. The number of nitrogens with zero attached hydrogens (tertiary/aromatic N) is 3. The van der Waals surface area contributed by atoms with E-state index in [0.29, 0.717) is 41.0 Å². The van der Waals surface area contributed by atoms with Gasteiger partial charge in [-0.2, -0.15) is 5.10 Å². The summed E-state index contributed by atoms with van der Waals surface area (Å²) >= 11 is 0. The molecule has 6 nitrogen and oxygen atoms in total. The molecule has 0 saturated heterocycles. The van der Waals surface area contributed by atoms with Crippen molar-refractivity contribution in [3.8, 4) is 11.6 Å². The van der Waals surface area contributed by atoms with Gasteiger partial charge in [0, 0.05) is 6.42 Å². The minimum Gasteiger partial charge on any atom is -0.382 e. The zero-order valence-electron chi connectivity index (χ0n) is 10.8. The molecule has 0 spiro atoms. The van der Waals surface area contributed by atoms with Gasteiger partial charge in [0.15, 0.2) is 5.82 Å². The molecule has 3 aromatic rings. The van der Waals surface area contributed by atoms with Crippen LogP contribution in [0.4, 0.5) is 10.2 Å². The van der Waals surface area contributed by atoms with Crippen molar-refractivity contribution in [2.75, 3.05) is 5.73 Å². The molecule has 102 valence electrons. The molecule has 2 aromatic heterocycles. The molecule has 2 heterocycles. The molecule has 0 aliphatic heterocycles. The summed E-state index contributed by atoms with van der Waals surface area (Å²) in [5, 5.41) is 6.74. The van der Waals surface area contributed by atoms with E-state index in [1.807, 2.05) is 0 Å². The summed E-state index contributed by atoms with van der Waals surface area (Å²) in [6.45, 7) is 1.79. The first-order chi connectivity index (χ1) is 9.63. The summed E-state index contributed by atoms with van der Waals surface area (Å²) in [4.78, 5) is 11.4. The van der Waals surface area contributed by atoms with Crippen LogP contribution in [0, 0.1) is 12.7 Å². The van der Waals surface area contributed by atoms with Gasteiger partial charge in [-0.1, -0.05) is 18.2 Å². The second kappa shape index (κ2) is 4.76. The number of aryl methyl sites for hydroxylation is 1. The van der Waals surface area contributed by atoms with Crippen LogP contribution in [0.2, 0.25) is 0 Å². The third-order valence-corrected chi connectivity index (χ3v) is 2.94. The molecule has 0 aliphatic rings. The zero-order chi connectivity index (χ0) is 14.1. The molecule has 0 unspecified atom stereocenters. The Kier molecular flexibility index (Phi) is 2.94. The molecule has 7 heteroatoms. The minimum absolute atomic E-state index is 0.267. The molecule has 4 N–H and O–H groups in total. The van der Waals surface area contributed by atoms with Crippen molar-refractivity contribution in [1.82, 2.24) is 25.1 Å². The minimum atomic E-state index is -0.267. The Bertz CT molecular complexity index is 745. The van der Waals surface area contributed by atoms with E-state index in [1.54, 1.807) is 25.1 Å². The average Bonchev–Trinajstić information content (AvgIpc) is 2.99. The number of aromatic nitrogens is 5. The van der Waals surface area contributed by atoms with Gasteiger partial charge in [-0.05, 0) is 18.6 Å². The molecule has 0 atom stereocenters. The SMILES string of the molecule is Cc1nc(-c2nc(N)c(Cc3ccccc3F)[nH]2)n[nH]1. The zero-order valence-corrected chi connectivity index (χ0v) is 10.8. The summed E-state index contributed by atoms with van der Waals surface area (Å²) in [6.07, 6.45) is 0.342. The maximum atomic E-state index is 13.6. The van der Waals surface area contributed by atoms with Crippen LogP contribution in [0.25, 0.3) is 11.6 Å². The predicted octanol–water partition coefficient (Wildman–Crippen LogP) is 1.82. The largest absolute Gasteiger partial charge is 0.382 e. The number of nitrogens with two attached hydrogens (primary N) is 1. The van der Waals surface area contributed by atoms with E-state index in [9.17, 15) is 4.39 Å². The van der Waals surface area contributed by atoms with Crippen LogP contribution in [-0.2, 0) is 6.42 Å². The van der Waals surface area contributed by atoms with Crippen molar-refractivity contribution >= 4 is 5.82 Å². The quantitative estimate of drug-likeness (QED) is 0.677. The highest BCUT2D eigenvalue weighted by molar-refractivity contribution is 5.51. The number of H-pyrrole nitrogens is 2. The van der Waals surface area contributed by atoms with Gasteiger partial charge in [0.25, 0.3) is 0 Å². The van der Waals surface area contributed by atoms with Gasteiger partial charge in [-0.15, -0.1) is 0 Å². The molecule has 0 saturated carbocycles. The lowest BCUT2D eigenvalue weighted by molar-refractivity contribution is 0.613. The number of nitrogen functional groups attached to an aromatic ring is 1. The Morgan fingerprint density at radius 3 is 2.75 bits per heavy atom. The average molecular weight is 272 g/mol. The summed E-state index contributed by atoms with van der Waals surface area (Å²) in [6, 6.07) is 6.56. The van der Waals surface area contributed by atoms with E-state index in [1.165, 1.54) is 6.07 Å². The molecule has 0 aliphatic carbocycles. The lowest BCUT2D eigenvalue weighted by atomic mass is 10.1. The monoisotopic (exact) mass is 272 g/mol. The fourth-order valence-corrected chi connectivity index (χ4v) is 1.94. The topological polar surface area (TPSA) is 96.3 Å². The summed E-state index contributed by atoms with van der Waals surface area (Å²) in [5.41, 5.74) is 7.05. The van der Waals surface area contributed by atoms with Gasteiger partial charge >= 0.3 is 0 Å². The fraction of sp³-hybridized carbons (Fsp3) is 0.154. The maximum absolute atomic E-state index is 13.6. The third kappa shape index (κ3) is 2.25. The number of halogens is 1.